The van der Waals surface area contributed by atoms with Gasteiger partial charge in [-0.1, -0.05) is 12.7 Å². The molecule has 0 aliphatic rings. The number of nitrogens with two attached hydrogens (primary N) is 1. The number of benzene rings is 1. The molecule has 3 rings (SSSR count). The smallest absolute Gasteiger partial charge is 0.433 e. The van der Waals surface area contributed by atoms with E-state index in [0.29, 0.717) is 41.2 Å². The van der Waals surface area contributed by atoms with E-state index >= 15 is 0 Å². The highest BCUT2D eigenvalue weighted by Gasteiger charge is 2.33. The lowest BCUT2D eigenvalue weighted by molar-refractivity contribution is -0.140. The second-order valence-corrected chi connectivity index (χ2v) is 7.15. The van der Waals surface area contributed by atoms with Crippen LogP contribution in [0.5, 0.6) is 5.75 Å². The Morgan fingerprint density at radius 2 is 2.03 bits per heavy atom. The van der Waals surface area contributed by atoms with Crippen molar-refractivity contribution in [2.24, 2.45) is 5.73 Å². The monoisotopic (exact) mass is 462 g/mol. The number of nitrogens with zero attached hydrogens (tertiary/aromatic N) is 3. The molecule has 3 aromatic rings. The summed E-state index contributed by atoms with van der Waals surface area (Å²) in [6, 6.07) is 4.62. The van der Waals surface area contributed by atoms with Crippen molar-refractivity contribution in [1.29, 1.82) is 0 Å². The van der Waals surface area contributed by atoms with Gasteiger partial charge >= 0.3 is 6.18 Å². The van der Waals surface area contributed by atoms with Gasteiger partial charge in [-0.3, -0.25) is 0 Å². The highest BCUT2D eigenvalue weighted by Crippen LogP contribution is 2.38. The van der Waals surface area contributed by atoms with Crippen LogP contribution in [-0.2, 0) is 6.18 Å². The summed E-state index contributed by atoms with van der Waals surface area (Å²) in [6.07, 6.45) is -3.13. The first kappa shape index (κ1) is 24.3. The number of alkyl halides is 3. The summed E-state index contributed by atoms with van der Waals surface area (Å²) in [5, 5.41) is 9.72. The molecule has 0 amide bonds. The van der Waals surface area contributed by atoms with Gasteiger partial charge in [-0.05, 0) is 31.2 Å². The lowest BCUT2D eigenvalue weighted by Crippen LogP contribution is -2.25. The molecule has 7 nitrogen and oxygen atoms in total. The Bertz CT molecular complexity index is 1170. The average Bonchev–Trinajstić information content (AvgIpc) is 3.25. The fraction of sp³-hybridized carbons (Fsp3) is 0.304. The van der Waals surface area contributed by atoms with Gasteiger partial charge in [0.15, 0.2) is 5.76 Å². The largest absolute Gasteiger partial charge is 0.494 e. The molecule has 0 saturated heterocycles. The van der Waals surface area contributed by atoms with Gasteiger partial charge in [0.05, 0.1) is 25.5 Å². The molecule has 0 aliphatic carbocycles. The van der Waals surface area contributed by atoms with Crippen LogP contribution in [0.15, 0.2) is 47.9 Å². The van der Waals surface area contributed by atoms with E-state index in [4.69, 9.17) is 14.9 Å². The van der Waals surface area contributed by atoms with Crippen LogP contribution >= 0.6 is 0 Å². The third kappa shape index (κ3) is 4.71. The lowest BCUT2D eigenvalue weighted by Gasteiger charge is -2.23. The molecule has 10 heteroatoms. The first-order chi connectivity index (χ1) is 15.7. The zero-order valence-electron chi connectivity index (χ0n) is 18.3. The summed E-state index contributed by atoms with van der Waals surface area (Å²) in [7, 11) is 1.35. The third-order valence-corrected chi connectivity index (χ3v) is 5.18. The predicted molar refractivity (Wildman–Crippen MR) is 119 cm³/mol. The van der Waals surface area contributed by atoms with Crippen molar-refractivity contribution in [2.75, 3.05) is 26.8 Å². The first-order valence-electron chi connectivity index (χ1n) is 10.1. The van der Waals surface area contributed by atoms with Crippen molar-refractivity contribution < 1.29 is 27.4 Å². The van der Waals surface area contributed by atoms with Gasteiger partial charge < -0.3 is 24.9 Å². The fourth-order valence-corrected chi connectivity index (χ4v) is 3.44. The lowest BCUT2D eigenvalue weighted by atomic mass is 10.1. The summed E-state index contributed by atoms with van der Waals surface area (Å²) in [5.41, 5.74) is 6.40. The number of pyridine rings is 1. The van der Waals surface area contributed by atoms with Gasteiger partial charge in [-0.15, -0.1) is 6.58 Å². The van der Waals surface area contributed by atoms with Gasteiger partial charge in [-0.2, -0.15) is 13.2 Å². The number of hydrogen-bond donors (Lipinski definition) is 2. The second-order valence-electron chi connectivity index (χ2n) is 7.15. The molecule has 2 aromatic heterocycles. The van der Waals surface area contributed by atoms with Crippen molar-refractivity contribution in [2.45, 2.75) is 19.1 Å². The van der Waals surface area contributed by atoms with E-state index < -0.39 is 17.9 Å². The SMILES string of the molecule is C=C[C@H](N)c1oc(-c2ccc(OC)c3nc(C(F)(F)F)ccc23)nc1C(=C)N(CC)CCO. The number of fused-ring (bicyclic) bond motifs is 1. The number of halogens is 3. The number of rotatable bonds is 9. The van der Waals surface area contributed by atoms with Crippen LogP contribution in [0.3, 0.4) is 0 Å². The molecule has 1 aromatic carbocycles. The van der Waals surface area contributed by atoms with E-state index in [-0.39, 0.29) is 23.8 Å². The molecular formula is C23H25F3N4O3. The Balaban J connectivity index is 2.22. The van der Waals surface area contributed by atoms with Crippen molar-refractivity contribution in [3.63, 3.8) is 0 Å². The Hall–Kier alpha value is -3.37. The molecule has 0 aliphatic heterocycles. The van der Waals surface area contributed by atoms with Crippen LogP contribution in [0, 0.1) is 0 Å². The van der Waals surface area contributed by atoms with Crippen molar-refractivity contribution >= 4 is 16.6 Å². The minimum Gasteiger partial charge on any atom is -0.494 e. The molecule has 0 unspecified atom stereocenters. The van der Waals surface area contributed by atoms with E-state index in [0.717, 1.165) is 6.07 Å². The molecule has 0 radical (unpaired) electrons. The topological polar surface area (TPSA) is 97.6 Å². The van der Waals surface area contributed by atoms with Crippen molar-refractivity contribution in [3.8, 4) is 17.2 Å². The molecule has 33 heavy (non-hydrogen) atoms. The molecule has 176 valence electrons. The summed E-state index contributed by atoms with van der Waals surface area (Å²) in [6.45, 7) is 10.5. The quantitative estimate of drug-likeness (QED) is 0.455. The van der Waals surface area contributed by atoms with Crippen LogP contribution < -0.4 is 10.5 Å². The van der Waals surface area contributed by atoms with Crippen LogP contribution in [-0.4, -0.2) is 46.8 Å². The van der Waals surface area contributed by atoms with Gasteiger partial charge in [0.1, 0.15) is 22.7 Å². The van der Waals surface area contributed by atoms with Gasteiger partial charge in [0, 0.05) is 24.0 Å². The van der Waals surface area contributed by atoms with Crippen LogP contribution in [0.2, 0.25) is 0 Å². The molecular weight excluding hydrogens is 437 g/mol. The van der Waals surface area contributed by atoms with Crippen molar-refractivity contribution in [1.82, 2.24) is 14.9 Å². The van der Waals surface area contributed by atoms with E-state index in [9.17, 15) is 18.3 Å². The fourth-order valence-electron chi connectivity index (χ4n) is 3.44. The van der Waals surface area contributed by atoms with Crippen LogP contribution in [0.4, 0.5) is 13.2 Å². The maximum Gasteiger partial charge on any atom is 0.433 e. The molecule has 0 bridgehead atoms. The zero-order chi connectivity index (χ0) is 24.3. The summed E-state index contributed by atoms with van der Waals surface area (Å²) in [4.78, 5) is 10.1. The van der Waals surface area contributed by atoms with Crippen molar-refractivity contribution in [3.05, 3.63) is 60.6 Å². The highest BCUT2D eigenvalue weighted by atomic mass is 19.4. The summed E-state index contributed by atoms with van der Waals surface area (Å²) < 4.78 is 50.9. The molecule has 3 N–H and O–H groups in total. The number of aromatic nitrogens is 2. The standard InChI is InChI=1S/C23H25F3N4O3/c1-5-16(27)21-19(13(3)30(6-2)11-12-31)29-22(33-21)15-7-9-17(32-4)20-14(15)8-10-18(28-20)23(24,25)26/h5,7-10,16,31H,1,3,6,11-12,27H2,2,4H3/t16-/m0/s1. The highest BCUT2D eigenvalue weighted by molar-refractivity contribution is 5.96. The Morgan fingerprint density at radius 1 is 1.30 bits per heavy atom. The predicted octanol–water partition coefficient (Wildman–Crippen LogP) is 4.39. The molecule has 1 atom stereocenters. The van der Waals surface area contributed by atoms with E-state index in [2.05, 4.69) is 23.1 Å². The number of aliphatic hydroxyl groups excluding tert-OH is 1. The van der Waals surface area contributed by atoms with Crippen LogP contribution in [0.25, 0.3) is 28.1 Å². The number of ether oxygens (including phenoxy) is 1. The van der Waals surface area contributed by atoms with E-state index in [1.165, 1.54) is 25.3 Å². The third-order valence-electron chi connectivity index (χ3n) is 5.18. The normalized spacial score (nSPS) is 12.6. The first-order valence-corrected chi connectivity index (χ1v) is 10.1. The molecule has 2 heterocycles. The van der Waals surface area contributed by atoms with E-state index in [1.54, 1.807) is 6.07 Å². The van der Waals surface area contributed by atoms with Gasteiger partial charge in [0.2, 0.25) is 5.89 Å². The number of hydrogen-bond acceptors (Lipinski definition) is 7. The Labute approximate surface area is 189 Å². The second kappa shape index (κ2) is 9.63. The molecule has 0 spiro atoms. The summed E-state index contributed by atoms with van der Waals surface area (Å²) in [5.74, 6) is 0.608. The van der Waals surface area contributed by atoms with Crippen LogP contribution in [0.1, 0.15) is 30.1 Å². The average molecular weight is 462 g/mol. The number of oxazole rings is 1. The van der Waals surface area contributed by atoms with Gasteiger partial charge in [0.25, 0.3) is 0 Å². The summed E-state index contributed by atoms with van der Waals surface area (Å²) >= 11 is 0. The minimum absolute atomic E-state index is 0.0217. The number of likely N-dealkylation sites (N-methyl/N-ethyl adjacent to an activating group) is 1. The molecule has 0 fully saturated rings. The van der Waals surface area contributed by atoms with Gasteiger partial charge in [-0.25, -0.2) is 9.97 Å². The Morgan fingerprint density at radius 3 is 2.61 bits per heavy atom. The van der Waals surface area contributed by atoms with E-state index in [1.807, 2.05) is 11.8 Å². The molecule has 0 saturated carbocycles. The number of methoxy groups -OCH3 is 1. The maximum absolute atomic E-state index is 13.2. The zero-order valence-corrected chi connectivity index (χ0v) is 18.3. The number of aliphatic hydroxyl groups is 1. The minimum atomic E-state index is -4.61. The Kier molecular flexibility index (Phi) is 7.09. The maximum atomic E-state index is 13.2.